The number of rotatable bonds is 8. The second-order valence-electron chi connectivity index (χ2n) is 7.94. The second kappa shape index (κ2) is 10.8. The van der Waals surface area contributed by atoms with E-state index in [-0.39, 0.29) is 17.0 Å². The van der Waals surface area contributed by atoms with Gasteiger partial charge in [0.05, 0.1) is 23.8 Å². The highest BCUT2D eigenvalue weighted by Gasteiger charge is 2.21. The van der Waals surface area contributed by atoms with Crippen LogP contribution >= 0.6 is 11.6 Å². The Bertz CT molecular complexity index is 1170. The summed E-state index contributed by atoms with van der Waals surface area (Å²) >= 11 is 5.93. The highest BCUT2D eigenvalue weighted by molar-refractivity contribution is 6.31. The molecule has 2 heterocycles. The molecule has 1 aromatic heterocycles. The van der Waals surface area contributed by atoms with Crippen molar-refractivity contribution in [2.24, 2.45) is 0 Å². The van der Waals surface area contributed by atoms with E-state index in [0.717, 1.165) is 12.8 Å². The lowest BCUT2D eigenvalue weighted by molar-refractivity contribution is -0.121. The van der Waals surface area contributed by atoms with Crippen molar-refractivity contribution in [3.05, 3.63) is 47.5 Å². The predicted octanol–water partition coefficient (Wildman–Crippen LogP) is 4.97. The maximum atomic E-state index is 13.6. The van der Waals surface area contributed by atoms with Crippen molar-refractivity contribution >= 4 is 39.9 Å². The fourth-order valence-electron chi connectivity index (χ4n) is 3.63. The van der Waals surface area contributed by atoms with Gasteiger partial charge < -0.3 is 24.8 Å². The summed E-state index contributed by atoms with van der Waals surface area (Å²) in [5.41, 5.74) is 1.19. The smallest absolute Gasteiger partial charge is 0.219 e. The van der Waals surface area contributed by atoms with Crippen LogP contribution in [-0.2, 0) is 9.53 Å². The molecule has 0 aliphatic carbocycles. The van der Waals surface area contributed by atoms with Gasteiger partial charge >= 0.3 is 0 Å². The first kappa shape index (κ1) is 24.0. The molecule has 1 atom stereocenters. The number of aromatic nitrogens is 2. The van der Waals surface area contributed by atoms with E-state index in [9.17, 15) is 9.18 Å². The van der Waals surface area contributed by atoms with Crippen LogP contribution in [-0.4, -0.2) is 41.4 Å². The molecular formula is C24H26ClFN4O4. The van der Waals surface area contributed by atoms with Crippen LogP contribution in [0.3, 0.4) is 0 Å². The summed E-state index contributed by atoms with van der Waals surface area (Å²) in [5.74, 6) is 0.793. The molecule has 1 aliphatic heterocycles. The largest absolute Gasteiger partial charge is 0.486 e. The third-order valence-corrected chi connectivity index (χ3v) is 5.64. The van der Waals surface area contributed by atoms with Crippen LogP contribution in [0.15, 0.2) is 36.7 Å². The fraction of sp³-hybridized carbons (Fsp3) is 0.375. The average molecular weight is 489 g/mol. The van der Waals surface area contributed by atoms with E-state index in [1.807, 2.05) is 13.0 Å². The van der Waals surface area contributed by atoms with Gasteiger partial charge in [0.1, 0.15) is 24.1 Å². The monoisotopic (exact) mass is 488 g/mol. The second-order valence-corrected chi connectivity index (χ2v) is 8.34. The molecule has 1 saturated heterocycles. The van der Waals surface area contributed by atoms with Crippen molar-refractivity contribution in [3.63, 3.8) is 0 Å². The molecule has 180 valence electrons. The van der Waals surface area contributed by atoms with Gasteiger partial charge in [0.2, 0.25) is 5.91 Å². The molecule has 4 rings (SSSR count). The van der Waals surface area contributed by atoms with Gasteiger partial charge in [0.25, 0.3) is 0 Å². The molecule has 2 N–H and O–H groups in total. The Morgan fingerprint density at radius 1 is 1.24 bits per heavy atom. The normalized spacial score (nSPS) is 15.1. The van der Waals surface area contributed by atoms with E-state index in [2.05, 4.69) is 20.6 Å². The van der Waals surface area contributed by atoms with Crippen molar-refractivity contribution in [1.29, 1.82) is 0 Å². The number of fused-ring (bicyclic) bond motifs is 1. The van der Waals surface area contributed by atoms with Crippen LogP contribution in [0.1, 0.15) is 33.1 Å². The molecule has 34 heavy (non-hydrogen) atoms. The Morgan fingerprint density at radius 3 is 2.74 bits per heavy atom. The van der Waals surface area contributed by atoms with Gasteiger partial charge in [-0.25, -0.2) is 14.4 Å². The van der Waals surface area contributed by atoms with Crippen LogP contribution in [0, 0.1) is 5.82 Å². The van der Waals surface area contributed by atoms with E-state index in [0.29, 0.717) is 53.5 Å². The lowest BCUT2D eigenvalue weighted by atomic mass is 10.1. The molecule has 3 aromatic rings. The molecule has 1 aliphatic rings. The molecule has 0 radical (unpaired) electrons. The summed E-state index contributed by atoms with van der Waals surface area (Å²) in [6.07, 6.45) is 2.94. The van der Waals surface area contributed by atoms with Gasteiger partial charge in [0, 0.05) is 43.3 Å². The van der Waals surface area contributed by atoms with Gasteiger partial charge in [-0.2, -0.15) is 0 Å². The Balaban J connectivity index is 1.72. The van der Waals surface area contributed by atoms with Crippen LogP contribution in [0.2, 0.25) is 5.02 Å². The molecule has 0 spiro atoms. The minimum Gasteiger partial charge on any atom is -0.486 e. The molecule has 0 bridgehead atoms. The predicted molar refractivity (Wildman–Crippen MR) is 127 cm³/mol. The van der Waals surface area contributed by atoms with E-state index >= 15 is 0 Å². The molecular weight excluding hydrogens is 463 g/mol. The molecule has 10 heteroatoms. The highest BCUT2D eigenvalue weighted by Crippen LogP contribution is 2.37. The number of anilines is 2. The summed E-state index contributed by atoms with van der Waals surface area (Å²) < 4.78 is 31.4. The molecule has 8 nitrogen and oxygen atoms in total. The van der Waals surface area contributed by atoms with E-state index in [1.165, 1.54) is 25.4 Å². The molecule has 1 unspecified atom stereocenters. The minimum atomic E-state index is -0.521. The van der Waals surface area contributed by atoms with Gasteiger partial charge in [-0.1, -0.05) is 18.5 Å². The van der Waals surface area contributed by atoms with E-state index in [1.54, 1.807) is 12.1 Å². The molecule has 1 fully saturated rings. The van der Waals surface area contributed by atoms with Crippen molar-refractivity contribution in [2.75, 3.05) is 18.5 Å². The minimum absolute atomic E-state index is 0.00571. The maximum Gasteiger partial charge on any atom is 0.219 e. The number of hydrogen-bond acceptors (Lipinski definition) is 7. The van der Waals surface area contributed by atoms with Crippen LogP contribution in [0.4, 0.5) is 15.9 Å². The summed E-state index contributed by atoms with van der Waals surface area (Å²) in [6, 6.07) is 7.92. The third kappa shape index (κ3) is 5.84. The number of carbonyl (C=O) groups excluding carboxylic acids is 1. The Morgan fingerprint density at radius 2 is 2.03 bits per heavy atom. The number of nitrogens with one attached hydrogen (secondary N) is 2. The van der Waals surface area contributed by atoms with Crippen molar-refractivity contribution in [3.8, 4) is 11.5 Å². The zero-order valence-corrected chi connectivity index (χ0v) is 19.7. The van der Waals surface area contributed by atoms with E-state index in [4.69, 9.17) is 25.8 Å². The summed E-state index contributed by atoms with van der Waals surface area (Å²) in [7, 11) is 0. The first-order valence-electron chi connectivity index (χ1n) is 11.1. The Hall–Kier alpha value is -3.17. The van der Waals surface area contributed by atoms with Crippen molar-refractivity contribution < 1.29 is 23.4 Å². The quantitative estimate of drug-likeness (QED) is 0.432. The number of halogens is 2. The summed E-state index contributed by atoms with van der Waals surface area (Å²) in [4.78, 5) is 20.3. The van der Waals surface area contributed by atoms with Crippen LogP contribution in [0.5, 0.6) is 11.5 Å². The zero-order chi connectivity index (χ0) is 24.1. The van der Waals surface area contributed by atoms with Gasteiger partial charge in [-0.3, -0.25) is 4.79 Å². The van der Waals surface area contributed by atoms with Crippen molar-refractivity contribution in [2.45, 2.75) is 45.4 Å². The zero-order valence-electron chi connectivity index (χ0n) is 18.9. The topological polar surface area (TPSA) is 94.6 Å². The van der Waals surface area contributed by atoms with Gasteiger partial charge in [-0.05, 0) is 24.3 Å². The number of amides is 1. The molecule has 1 amide bonds. The number of nitrogens with zero attached hydrogens (tertiary/aromatic N) is 2. The van der Waals surface area contributed by atoms with E-state index < -0.39 is 12.0 Å². The maximum absolute atomic E-state index is 13.6. The Kier molecular flexibility index (Phi) is 7.64. The standard InChI is InChI=1S/C24H26ClFN4O4/c1-3-23(29-14(2)31)34-22-12-20-17(11-21(22)33-16-6-8-32-9-7-16)24(28-13-27-20)30-15-4-5-19(26)18(25)10-15/h4-5,10-13,16,23H,3,6-9H2,1-2H3,(H,29,31)(H,27,28,30). The van der Waals surface area contributed by atoms with Gasteiger partial charge in [-0.15, -0.1) is 0 Å². The highest BCUT2D eigenvalue weighted by atomic mass is 35.5. The number of hydrogen-bond donors (Lipinski definition) is 2. The summed E-state index contributed by atoms with van der Waals surface area (Å²) in [5, 5.41) is 6.64. The molecule has 0 saturated carbocycles. The summed E-state index contributed by atoms with van der Waals surface area (Å²) in [6.45, 7) is 4.61. The first-order valence-corrected chi connectivity index (χ1v) is 11.5. The first-order chi connectivity index (χ1) is 16.4. The lowest BCUT2D eigenvalue weighted by Crippen LogP contribution is -2.37. The van der Waals surface area contributed by atoms with Crippen LogP contribution < -0.4 is 20.1 Å². The SMILES string of the molecule is CCC(NC(C)=O)Oc1cc2ncnc(Nc3ccc(F)c(Cl)c3)c2cc1OC1CCOCC1. The van der Waals surface area contributed by atoms with Crippen LogP contribution in [0.25, 0.3) is 10.9 Å². The lowest BCUT2D eigenvalue weighted by Gasteiger charge is -2.26. The molecule has 2 aromatic carbocycles. The number of carbonyl (C=O) groups is 1. The van der Waals surface area contributed by atoms with Crippen molar-refractivity contribution in [1.82, 2.24) is 15.3 Å². The Labute approximate surface area is 201 Å². The third-order valence-electron chi connectivity index (χ3n) is 5.35. The average Bonchev–Trinajstić information content (AvgIpc) is 2.82. The number of benzene rings is 2. The fourth-order valence-corrected chi connectivity index (χ4v) is 3.81. The number of ether oxygens (including phenoxy) is 3. The van der Waals surface area contributed by atoms with Gasteiger partial charge in [0.15, 0.2) is 17.7 Å².